The van der Waals surface area contributed by atoms with Crippen molar-refractivity contribution in [1.29, 1.82) is 0 Å². The van der Waals surface area contributed by atoms with Gasteiger partial charge in [-0.3, -0.25) is 9.69 Å². The number of para-hydroxylation sites is 1. The van der Waals surface area contributed by atoms with Crippen molar-refractivity contribution < 1.29 is 80.7 Å². The van der Waals surface area contributed by atoms with Gasteiger partial charge in [0.05, 0.1) is 47.5 Å². The zero-order valence-electron chi connectivity index (χ0n) is 46.7. The lowest BCUT2D eigenvalue weighted by molar-refractivity contribution is -0.335. The summed E-state index contributed by atoms with van der Waals surface area (Å²) < 4.78 is 103. The predicted octanol–water partition coefficient (Wildman–Crippen LogP) is 6.80. The van der Waals surface area contributed by atoms with E-state index < -0.39 is 137 Å². The van der Waals surface area contributed by atoms with Crippen molar-refractivity contribution >= 4 is 17.7 Å². The van der Waals surface area contributed by atoms with Crippen LogP contribution in [0.4, 0.5) is 28.0 Å². The standard InChI is InChI=1S/C55H86F4N4O13/c1-15-24-60-30-54(69)36(8)72-43(28-52(54,10)70-14)75-44-33(5)47(51(9,67)27-31(3)29-61-35(7)46(64)53(11,68)42(16-2)74-48(65)34(44)6)76-49-45(73-38-22-23-40(56)39(26-38)55(57,58)59)41(25-32(4)71-49)63(13)50(66)62(12)37-20-18-17-19-21-37/h17-23,26,31-36,41-47,49,60-61,64,67-69H,15-16,24-25,27-30H2,1-14H3/t31-,32-,33+,34-,35-,36+,41+,42-,43+,44+,45-,46-,47-,49+,51-,52-,53-,54+/m1/s1. The Hall–Kier alpha value is -3.74. The first-order valence-electron chi connectivity index (χ1n) is 26.6. The molecule has 17 nitrogen and oxygen atoms in total. The number of anilines is 1. The molecule has 0 saturated carbocycles. The maximum Gasteiger partial charge on any atom is 0.419 e. The Kier molecular flexibility index (Phi) is 21.2. The second-order valence-corrected chi connectivity index (χ2v) is 22.2. The molecule has 3 heterocycles. The minimum Gasteiger partial charge on any atom is -0.483 e. The number of carbonyl (C=O) groups excluding carboxylic acids is 2. The Bertz CT molecular complexity index is 2200. The first-order valence-corrected chi connectivity index (χ1v) is 26.6. The van der Waals surface area contributed by atoms with E-state index >= 15 is 0 Å². The number of ether oxygens (including phenoxy) is 7. The molecular weight excluding hydrogens is 1000 g/mol. The summed E-state index contributed by atoms with van der Waals surface area (Å²) in [5, 5.41) is 55.3. The van der Waals surface area contributed by atoms with Gasteiger partial charge in [-0.25, -0.2) is 9.18 Å². The van der Waals surface area contributed by atoms with E-state index in [0.29, 0.717) is 24.4 Å². The van der Waals surface area contributed by atoms with Crippen LogP contribution < -0.4 is 20.3 Å². The Morgan fingerprint density at radius 1 is 0.934 bits per heavy atom. The Labute approximate surface area is 446 Å². The fraction of sp³-hybridized carbons (Fsp3) is 0.745. The average Bonchev–Trinajstić information content (AvgIpc) is 3.36. The number of aliphatic hydroxyl groups excluding tert-OH is 1. The molecule has 3 saturated heterocycles. The van der Waals surface area contributed by atoms with Crippen molar-refractivity contribution in [3.63, 3.8) is 0 Å². The van der Waals surface area contributed by atoms with Crippen LogP contribution in [0.25, 0.3) is 0 Å². The molecular formula is C55H86F4N4O13. The Morgan fingerprint density at radius 3 is 2.20 bits per heavy atom. The third-order valence-electron chi connectivity index (χ3n) is 16.1. The molecule has 0 aliphatic carbocycles. The third kappa shape index (κ3) is 14.2. The fourth-order valence-corrected chi connectivity index (χ4v) is 11.3. The van der Waals surface area contributed by atoms with Gasteiger partial charge in [-0.2, -0.15) is 13.2 Å². The van der Waals surface area contributed by atoms with E-state index in [1.54, 1.807) is 85.8 Å². The topological polar surface area (TPSA) is 210 Å². The first-order chi connectivity index (χ1) is 35.4. The summed E-state index contributed by atoms with van der Waals surface area (Å²) in [5.74, 6) is -5.50. The molecule has 3 fully saturated rings. The number of hydrogen-bond acceptors (Lipinski definition) is 15. The van der Waals surface area contributed by atoms with Crippen LogP contribution in [0.5, 0.6) is 5.75 Å². The quantitative estimate of drug-likeness (QED) is 0.0653. The van der Waals surface area contributed by atoms with Crippen molar-refractivity contribution in [3.05, 3.63) is 59.9 Å². The Morgan fingerprint density at radius 2 is 1.59 bits per heavy atom. The van der Waals surface area contributed by atoms with E-state index in [4.69, 9.17) is 33.2 Å². The van der Waals surface area contributed by atoms with Crippen molar-refractivity contribution in [1.82, 2.24) is 15.5 Å². The van der Waals surface area contributed by atoms with Crippen LogP contribution in [0.15, 0.2) is 48.5 Å². The molecule has 0 radical (unpaired) electrons. The summed E-state index contributed by atoms with van der Waals surface area (Å²) in [5.41, 5.74) is -7.75. The maximum atomic E-state index is 14.8. The monoisotopic (exact) mass is 1090 g/mol. The predicted molar refractivity (Wildman–Crippen MR) is 276 cm³/mol. The van der Waals surface area contributed by atoms with Crippen LogP contribution in [0, 0.1) is 23.6 Å². The molecule has 0 aromatic heterocycles. The number of urea groups is 1. The number of benzene rings is 2. The zero-order chi connectivity index (χ0) is 56.9. The second-order valence-electron chi connectivity index (χ2n) is 22.2. The van der Waals surface area contributed by atoms with Crippen molar-refractivity contribution in [3.8, 4) is 5.75 Å². The van der Waals surface area contributed by atoms with Gasteiger partial charge in [-0.15, -0.1) is 0 Å². The number of aliphatic hydroxyl groups is 4. The normalized spacial score (nSPS) is 38.3. The number of halogens is 4. The molecule has 5 rings (SSSR count). The summed E-state index contributed by atoms with van der Waals surface area (Å²) in [4.78, 5) is 31.9. The number of alkyl halides is 3. The van der Waals surface area contributed by atoms with Gasteiger partial charge < -0.3 is 69.1 Å². The summed E-state index contributed by atoms with van der Waals surface area (Å²) in [7, 11) is 4.54. The number of cyclic esters (lactones) is 1. The molecule has 76 heavy (non-hydrogen) atoms. The van der Waals surface area contributed by atoms with Gasteiger partial charge in [0.25, 0.3) is 0 Å². The van der Waals surface area contributed by atoms with E-state index in [0.717, 1.165) is 12.5 Å². The number of carbonyl (C=O) groups is 2. The number of methoxy groups -OCH3 is 1. The van der Waals surface area contributed by atoms with E-state index in [9.17, 15) is 47.6 Å². The summed E-state index contributed by atoms with van der Waals surface area (Å²) in [6.07, 6.45) is -15.4. The van der Waals surface area contributed by atoms with Crippen molar-refractivity contribution in [2.75, 3.05) is 45.7 Å². The molecule has 18 atom stereocenters. The zero-order valence-corrected chi connectivity index (χ0v) is 46.7. The average molecular weight is 1090 g/mol. The largest absolute Gasteiger partial charge is 0.483 e. The van der Waals surface area contributed by atoms with Gasteiger partial charge in [0.15, 0.2) is 18.7 Å². The first kappa shape index (κ1) is 63.1. The molecule has 3 aliphatic heterocycles. The highest BCUT2D eigenvalue weighted by atomic mass is 19.4. The number of nitrogens with zero attached hydrogens (tertiary/aromatic N) is 2. The van der Waals surface area contributed by atoms with Gasteiger partial charge in [0.2, 0.25) is 0 Å². The van der Waals surface area contributed by atoms with Crippen LogP contribution in [0.2, 0.25) is 0 Å². The number of nitrogens with one attached hydrogen (secondary N) is 2. The van der Waals surface area contributed by atoms with E-state index in [1.807, 2.05) is 13.8 Å². The number of likely N-dealkylation sites (N-methyl/N-ethyl adjacent to an activating group) is 1. The van der Waals surface area contributed by atoms with Gasteiger partial charge >= 0.3 is 18.2 Å². The summed E-state index contributed by atoms with van der Waals surface area (Å²) >= 11 is 0. The molecule has 432 valence electrons. The van der Waals surface area contributed by atoms with Crippen LogP contribution in [-0.2, 0) is 39.4 Å². The van der Waals surface area contributed by atoms with Crippen LogP contribution in [-0.4, -0.2) is 168 Å². The third-order valence-corrected chi connectivity index (χ3v) is 16.1. The van der Waals surface area contributed by atoms with Crippen LogP contribution in [0.3, 0.4) is 0 Å². The number of amides is 2. The molecule has 6 N–H and O–H groups in total. The van der Waals surface area contributed by atoms with E-state index in [1.165, 1.54) is 37.8 Å². The molecule has 2 amide bonds. The molecule has 2 aromatic carbocycles. The summed E-state index contributed by atoms with van der Waals surface area (Å²) in [6, 6.07) is 8.68. The van der Waals surface area contributed by atoms with Crippen molar-refractivity contribution in [2.24, 2.45) is 17.8 Å². The number of rotatable bonds is 14. The molecule has 0 spiro atoms. The lowest BCUT2D eigenvalue weighted by Crippen LogP contribution is -2.70. The lowest BCUT2D eigenvalue weighted by atomic mass is 9.75. The van der Waals surface area contributed by atoms with Crippen molar-refractivity contribution in [2.45, 2.75) is 204 Å². The highest BCUT2D eigenvalue weighted by Crippen LogP contribution is 2.44. The highest BCUT2D eigenvalue weighted by Gasteiger charge is 2.59. The van der Waals surface area contributed by atoms with E-state index in [-0.39, 0.29) is 44.7 Å². The minimum atomic E-state index is -5.10. The van der Waals surface area contributed by atoms with Crippen LogP contribution in [0.1, 0.15) is 114 Å². The molecule has 2 aromatic rings. The molecule has 0 unspecified atom stereocenters. The van der Waals surface area contributed by atoms with Gasteiger partial charge in [-0.1, -0.05) is 45.9 Å². The van der Waals surface area contributed by atoms with Gasteiger partial charge in [0, 0.05) is 51.8 Å². The van der Waals surface area contributed by atoms with Crippen LogP contribution >= 0.6 is 0 Å². The van der Waals surface area contributed by atoms with Gasteiger partial charge in [-0.05, 0) is 123 Å². The highest BCUT2D eigenvalue weighted by molar-refractivity contribution is 5.91. The van der Waals surface area contributed by atoms with E-state index in [2.05, 4.69) is 10.6 Å². The molecule has 3 aliphatic rings. The Balaban J connectivity index is 1.68. The number of hydrogen-bond donors (Lipinski definition) is 6. The lowest BCUT2D eigenvalue weighted by Gasteiger charge is -2.53. The minimum absolute atomic E-state index is 0.0156. The van der Waals surface area contributed by atoms with Gasteiger partial charge in [0.1, 0.15) is 40.6 Å². The maximum absolute atomic E-state index is 14.8. The SMILES string of the molecule is CCCNC[C@]1(O)[C@H](C)O[C@@H](O[C@H]2[C@H](C)[C@@H](O[C@@H]3O[C@H](C)C[C@H](N(C)C(=O)N(C)c4ccccc4)[C@H]3Oc3ccc(F)c(C(F)(F)F)c3)[C@](C)(O)C[C@@H](C)CN[C@H](C)[C@@H](O)[C@](C)(O)[C@@H](CC)OC(=O)[C@@H]2C)C[C@@]1(C)OC. The smallest absolute Gasteiger partial charge is 0.419 e. The molecule has 21 heteroatoms. The summed E-state index contributed by atoms with van der Waals surface area (Å²) in [6.45, 7) is 19.4. The molecule has 0 bridgehead atoms. The second kappa shape index (κ2) is 25.6. The fourth-order valence-electron chi connectivity index (χ4n) is 11.3. The number of esters is 1.